The summed E-state index contributed by atoms with van der Waals surface area (Å²) < 4.78 is 5.56. The number of hydrogen-bond acceptors (Lipinski definition) is 3. The van der Waals surface area contributed by atoms with Gasteiger partial charge in [0, 0.05) is 20.0 Å². The molecule has 1 amide bonds. The maximum Gasteiger partial charge on any atom is 0.335 e. The van der Waals surface area contributed by atoms with Gasteiger partial charge in [0.2, 0.25) is 5.91 Å². The number of ether oxygens (including phenoxy) is 1. The fraction of sp³-hybridized carbons (Fsp3) is 0.263. The Hall–Kier alpha value is -2.53. The van der Waals surface area contributed by atoms with Crippen molar-refractivity contribution < 1.29 is 19.4 Å². The van der Waals surface area contributed by atoms with E-state index in [1.807, 2.05) is 12.1 Å². The zero-order chi connectivity index (χ0) is 18.2. The van der Waals surface area contributed by atoms with E-state index in [1.165, 1.54) is 12.1 Å². The number of carboxylic acid groups (broad SMARTS) is 1. The fourth-order valence-electron chi connectivity index (χ4n) is 2.27. The van der Waals surface area contributed by atoms with E-state index in [1.54, 1.807) is 36.2 Å². The Kier molecular flexibility index (Phi) is 6.83. The Labute approximate surface area is 151 Å². The maximum absolute atomic E-state index is 12.2. The normalized spacial score (nSPS) is 10.3. The van der Waals surface area contributed by atoms with E-state index in [2.05, 4.69) is 0 Å². The lowest BCUT2D eigenvalue weighted by Gasteiger charge is -2.17. The topological polar surface area (TPSA) is 66.8 Å². The number of halogens is 1. The van der Waals surface area contributed by atoms with Crippen LogP contribution in [0.3, 0.4) is 0 Å². The van der Waals surface area contributed by atoms with Crippen molar-refractivity contribution in [2.45, 2.75) is 19.4 Å². The second-order valence-corrected chi connectivity index (χ2v) is 6.04. The van der Waals surface area contributed by atoms with Crippen LogP contribution in [-0.2, 0) is 11.3 Å². The molecule has 2 rings (SSSR count). The van der Waals surface area contributed by atoms with Crippen LogP contribution in [0.2, 0.25) is 5.02 Å². The van der Waals surface area contributed by atoms with Crippen molar-refractivity contribution in [1.29, 1.82) is 0 Å². The lowest BCUT2D eigenvalue weighted by molar-refractivity contribution is -0.130. The first-order valence-electron chi connectivity index (χ1n) is 7.91. The van der Waals surface area contributed by atoms with Crippen molar-refractivity contribution in [2.75, 3.05) is 13.7 Å². The molecular formula is C19H20ClNO4. The number of aromatic carboxylic acids is 1. The van der Waals surface area contributed by atoms with Crippen LogP contribution in [0.25, 0.3) is 0 Å². The first kappa shape index (κ1) is 18.8. The summed E-state index contributed by atoms with van der Waals surface area (Å²) in [4.78, 5) is 24.6. The molecule has 25 heavy (non-hydrogen) atoms. The molecule has 1 N–H and O–H groups in total. The molecule has 0 saturated heterocycles. The monoisotopic (exact) mass is 361 g/mol. The zero-order valence-corrected chi connectivity index (χ0v) is 14.7. The third-order valence-corrected chi connectivity index (χ3v) is 3.99. The number of nitrogens with zero attached hydrogens (tertiary/aromatic N) is 1. The summed E-state index contributed by atoms with van der Waals surface area (Å²) in [6, 6.07) is 13.7. The highest BCUT2D eigenvalue weighted by atomic mass is 35.5. The van der Waals surface area contributed by atoms with Gasteiger partial charge in [-0.05, 0) is 36.2 Å². The van der Waals surface area contributed by atoms with Crippen LogP contribution in [0.1, 0.15) is 28.8 Å². The van der Waals surface area contributed by atoms with Crippen LogP contribution in [0.15, 0.2) is 48.5 Å². The van der Waals surface area contributed by atoms with Gasteiger partial charge in [-0.2, -0.15) is 0 Å². The van der Waals surface area contributed by atoms with Gasteiger partial charge in [0.05, 0.1) is 17.2 Å². The molecular weight excluding hydrogens is 342 g/mol. The number of hydrogen-bond donors (Lipinski definition) is 1. The smallest absolute Gasteiger partial charge is 0.335 e. The number of carbonyl (C=O) groups excluding carboxylic acids is 1. The molecule has 0 atom stereocenters. The minimum absolute atomic E-state index is 0.00469. The van der Waals surface area contributed by atoms with Crippen molar-refractivity contribution in [3.05, 3.63) is 64.7 Å². The molecule has 5 nitrogen and oxygen atoms in total. The van der Waals surface area contributed by atoms with Gasteiger partial charge in [-0.3, -0.25) is 4.79 Å². The van der Waals surface area contributed by atoms with E-state index in [-0.39, 0.29) is 11.5 Å². The number of carbonyl (C=O) groups is 2. The standard InChI is InChI=1S/C19H20ClNO4/c1-21(13-14-8-10-15(11-9-14)19(23)24)18(22)7-4-12-25-17-6-3-2-5-16(17)20/h2-3,5-6,8-11H,4,7,12-13H2,1H3,(H,23,24). The molecule has 0 aromatic heterocycles. The van der Waals surface area contributed by atoms with Crippen molar-refractivity contribution in [3.8, 4) is 5.75 Å². The summed E-state index contributed by atoms with van der Waals surface area (Å²) in [6.45, 7) is 0.848. The van der Waals surface area contributed by atoms with Gasteiger partial charge in [-0.1, -0.05) is 35.9 Å². The third kappa shape index (κ3) is 5.80. The molecule has 0 unspecified atom stereocenters. The summed E-state index contributed by atoms with van der Waals surface area (Å²) in [7, 11) is 1.72. The molecule has 0 aliphatic heterocycles. The van der Waals surface area contributed by atoms with Crippen molar-refractivity contribution in [2.24, 2.45) is 0 Å². The Balaban J connectivity index is 1.74. The first-order valence-corrected chi connectivity index (χ1v) is 8.28. The van der Waals surface area contributed by atoms with Gasteiger partial charge in [0.1, 0.15) is 5.75 Å². The van der Waals surface area contributed by atoms with Gasteiger partial charge < -0.3 is 14.7 Å². The number of amides is 1. The van der Waals surface area contributed by atoms with E-state index >= 15 is 0 Å². The number of para-hydroxylation sites is 1. The Morgan fingerprint density at radius 2 is 1.80 bits per heavy atom. The second-order valence-electron chi connectivity index (χ2n) is 5.63. The van der Waals surface area contributed by atoms with E-state index < -0.39 is 5.97 Å². The first-order chi connectivity index (χ1) is 12.0. The number of carboxylic acids is 1. The number of rotatable bonds is 8. The molecule has 0 heterocycles. The molecule has 132 valence electrons. The summed E-state index contributed by atoms with van der Waals surface area (Å²) >= 11 is 6.00. The van der Waals surface area contributed by atoms with Crippen LogP contribution in [0, 0.1) is 0 Å². The van der Waals surface area contributed by atoms with E-state index in [4.69, 9.17) is 21.4 Å². The Morgan fingerprint density at radius 3 is 2.44 bits per heavy atom. The van der Waals surface area contributed by atoms with E-state index in [0.29, 0.717) is 36.8 Å². The van der Waals surface area contributed by atoms with Gasteiger partial charge in [0.25, 0.3) is 0 Å². The highest BCUT2D eigenvalue weighted by Crippen LogP contribution is 2.23. The quantitative estimate of drug-likeness (QED) is 0.725. The third-order valence-electron chi connectivity index (χ3n) is 3.68. The van der Waals surface area contributed by atoms with Crippen molar-refractivity contribution in [1.82, 2.24) is 4.90 Å². The molecule has 2 aromatic rings. The Morgan fingerprint density at radius 1 is 1.12 bits per heavy atom. The molecule has 6 heteroatoms. The molecule has 0 saturated carbocycles. The predicted octanol–water partition coefficient (Wildman–Crippen LogP) is 3.86. The van der Waals surface area contributed by atoms with Gasteiger partial charge in [-0.25, -0.2) is 4.79 Å². The summed E-state index contributed by atoms with van der Waals surface area (Å²) in [5, 5.41) is 9.43. The molecule has 2 aromatic carbocycles. The summed E-state index contributed by atoms with van der Waals surface area (Å²) in [5.74, 6) is -0.344. The van der Waals surface area contributed by atoms with Crippen LogP contribution < -0.4 is 4.74 Å². The van der Waals surface area contributed by atoms with Crippen molar-refractivity contribution >= 4 is 23.5 Å². The maximum atomic E-state index is 12.2. The summed E-state index contributed by atoms with van der Waals surface area (Å²) in [6.07, 6.45) is 0.959. The average Bonchev–Trinajstić information content (AvgIpc) is 2.60. The van der Waals surface area contributed by atoms with Gasteiger partial charge in [0.15, 0.2) is 0 Å². The highest BCUT2D eigenvalue weighted by molar-refractivity contribution is 6.32. The van der Waals surface area contributed by atoms with Crippen LogP contribution in [-0.4, -0.2) is 35.5 Å². The second kappa shape index (κ2) is 9.08. The molecule has 0 aliphatic rings. The minimum atomic E-state index is -0.963. The van der Waals surface area contributed by atoms with Crippen LogP contribution in [0.4, 0.5) is 0 Å². The minimum Gasteiger partial charge on any atom is -0.492 e. The molecule has 0 bridgehead atoms. The highest BCUT2D eigenvalue weighted by Gasteiger charge is 2.10. The molecule has 0 radical (unpaired) electrons. The van der Waals surface area contributed by atoms with Gasteiger partial charge in [-0.15, -0.1) is 0 Å². The number of benzene rings is 2. The molecule has 0 fully saturated rings. The SMILES string of the molecule is CN(Cc1ccc(C(=O)O)cc1)C(=O)CCCOc1ccccc1Cl. The van der Waals surface area contributed by atoms with Crippen molar-refractivity contribution in [3.63, 3.8) is 0 Å². The predicted molar refractivity (Wildman–Crippen MR) is 96.1 cm³/mol. The van der Waals surface area contributed by atoms with Crippen LogP contribution >= 0.6 is 11.6 Å². The zero-order valence-electron chi connectivity index (χ0n) is 13.9. The lowest BCUT2D eigenvalue weighted by atomic mass is 10.1. The fourth-order valence-corrected chi connectivity index (χ4v) is 2.46. The lowest BCUT2D eigenvalue weighted by Crippen LogP contribution is -2.26. The van der Waals surface area contributed by atoms with Crippen LogP contribution in [0.5, 0.6) is 5.75 Å². The average molecular weight is 362 g/mol. The van der Waals surface area contributed by atoms with E-state index in [0.717, 1.165) is 5.56 Å². The Bertz CT molecular complexity index is 730. The van der Waals surface area contributed by atoms with E-state index in [9.17, 15) is 9.59 Å². The molecule has 0 spiro atoms. The largest absolute Gasteiger partial charge is 0.492 e. The summed E-state index contributed by atoms with van der Waals surface area (Å²) in [5.41, 5.74) is 1.11. The van der Waals surface area contributed by atoms with Gasteiger partial charge >= 0.3 is 5.97 Å². The molecule has 0 aliphatic carbocycles.